The Labute approximate surface area is 234 Å². The number of likely N-dealkylation sites (N-methyl/N-ethyl adjacent to an activating group) is 1. The number of anilines is 3. The van der Waals surface area contributed by atoms with Crippen molar-refractivity contribution in [1.29, 1.82) is 0 Å². The summed E-state index contributed by atoms with van der Waals surface area (Å²) < 4.78 is 6.13. The molecule has 2 amide bonds. The van der Waals surface area contributed by atoms with Crippen LogP contribution in [0.1, 0.15) is 30.1 Å². The van der Waals surface area contributed by atoms with Gasteiger partial charge in [-0.15, -0.1) is 0 Å². The third-order valence-electron chi connectivity index (χ3n) is 6.61. The molecule has 1 atom stereocenters. The smallest absolute Gasteiger partial charge is 0.251 e. The van der Waals surface area contributed by atoms with Gasteiger partial charge in [0.1, 0.15) is 18.0 Å². The molecule has 2 heterocycles. The topological polar surface area (TPSA) is 146 Å². The molecule has 0 saturated carbocycles. The fourth-order valence-electron chi connectivity index (χ4n) is 4.36. The molecule has 4 rings (SSSR count). The van der Waals surface area contributed by atoms with Gasteiger partial charge in [-0.3, -0.25) is 9.59 Å². The molecule has 2 aromatic carbocycles. The zero-order valence-electron chi connectivity index (χ0n) is 23.1. The number of carbonyl (C=O) groups excluding carboxylic acids is 2. The SMILES string of the molecule is C[C@H](O)C(=O)N1CCC(Oc2ccc(-c3ccnc(Nc4ccc(C(=O)NCCN(C)C)cc4)n3)cc2N)CC1. The second-order valence-electron chi connectivity index (χ2n) is 10.1. The second-order valence-corrected chi connectivity index (χ2v) is 10.1. The van der Waals surface area contributed by atoms with E-state index in [2.05, 4.69) is 20.6 Å². The molecule has 1 aliphatic rings. The van der Waals surface area contributed by atoms with Crippen molar-refractivity contribution in [2.45, 2.75) is 32.0 Å². The van der Waals surface area contributed by atoms with Gasteiger partial charge in [0, 0.05) is 62.0 Å². The Morgan fingerprint density at radius 1 is 1.15 bits per heavy atom. The number of benzene rings is 2. The number of hydrogen-bond donors (Lipinski definition) is 4. The first kappa shape index (κ1) is 28.8. The normalized spacial score (nSPS) is 14.6. The maximum Gasteiger partial charge on any atom is 0.251 e. The highest BCUT2D eigenvalue weighted by Crippen LogP contribution is 2.30. The minimum atomic E-state index is -0.991. The van der Waals surface area contributed by atoms with Gasteiger partial charge in [0.15, 0.2) is 0 Å². The summed E-state index contributed by atoms with van der Waals surface area (Å²) >= 11 is 0. The van der Waals surface area contributed by atoms with Crippen LogP contribution in [0.25, 0.3) is 11.3 Å². The number of carbonyl (C=O) groups is 2. The van der Waals surface area contributed by atoms with Crippen LogP contribution in [0.3, 0.4) is 0 Å². The van der Waals surface area contributed by atoms with E-state index in [0.29, 0.717) is 61.1 Å². The molecule has 40 heavy (non-hydrogen) atoms. The van der Waals surface area contributed by atoms with Gasteiger partial charge in [-0.1, -0.05) is 0 Å². The monoisotopic (exact) mass is 547 g/mol. The Morgan fingerprint density at radius 2 is 1.88 bits per heavy atom. The van der Waals surface area contributed by atoms with Crippen molar-refractivity contribution in [3.8, 4) is 17.0 Å². The van der Waals surface area contributed by atoms with Crippen LogP contribution in [0.2, 0.25) is 0 Å². The molecule has 0 spiro atoms. The van der Waals surface area contributed by atoms with Gasteiger partial charge >= 0.3 is 0 Å². The van der Waals surface area contributed by atoms with Crippen molar-refractivity contribution < 1.29 is 19.4 Å². The van der Waals surface area contributed by atoms with Crippen LogP contribution in [-0.4, -0.2) is 89.2 Å². The number of nitrogens with zero attached hydrogens (tertiary/aromatic N) is 4. The summed E-state index contributed by atoms with van der Waals surface area (Å²) in [6.45, 7) is 3.91. The molecule has 0 radical (unpaired) electrons. The number of rotatable bonds is 10. The number of ether oxygens (including phenoxy) is 1. The van der Waals surface area contributed by atoms with E-state index in [9.17, 15) is 14.7 Å². The Kier molecular flexibility index (Phi) is 9.52. The number of nitrogens with one attached hydrogen (secondary N) is 2. The summed E-state index contributed by atoms with van der Waals surface area (Å²) in [6.07, 6.45) is 1.96. The molecule has 1 aliphatic heterocycles. The number of aliphatic hydroxyl groups is 1. The molecule has 0 bridgehead atoms. The van der Waals surface area contributed by atoms with Crippen LogP contribution >= 0.6 is 0 Å². The summed E-state index contributed by atoms with van der Waals surface area (Å²) in [5.41, 5.74) is 9.66. The van der Waals surface area contributed by atoms with Gasteiger partial charge in [-0.05, 0) is 69.6 Å². The first-order valence-electron chi connectivity index (χ1n) is 13.4. The van der Waals surface area contributed by atoms with Crippen molar-refractivity contribution in [2.24, 2.45) is 0 Å². The van der Waals surface area contributed by atoms with Crippen molar-refractivity contribution in [3.63, 3.8) is 0 Å². The van der Waals surface area contributed by atoms with E-state index in [1.807, 2.05) is 49.3 Å². The van der Waals surface area contributed by atoms with Crippen LogP contribution in [0.15, 0.2) is 54.7 Å². The minimum absolute atomic E-state index is 0.0587. The van der Waals surface area contributed by atoms with E-state index in [-0.39, 0.29) is 17.9 Å². The van der Waals surface area contributed by atoms with Crippen LogP contribution in [0.5, 0.6) is 5.75 Å². The number of piperidine rings is 1. The van der Waals surface area contributed by atoms with Gasteiger partial charge < -0.3 is 36.0 Å². The number of nitrogen functional groups attached to an aromatic ring is 1. The number of amides is 2. The van der Waals surface area contributed by atoms with Crippen LogP contribution < -0.4 is 21.1 Å². The molecule has 3 aromatic rings. The van der Waals surface area contributed by atoms with Crippen molar-refractivity contribution in [1.82, 2.24) is 25.1 Å². The van der Waals surface area contributed by atoms with E-state index in [0.717, 1.165) is 17.8 Å². The van der Waals surface area contributed by atoms with E-state index < -0.39 is 6.10 Å². The standard InChI is InChI=1S/C29H37N7O4/c1-19(37)28(39)36-15-11-23(12-16-36)40-26-9-6-21(18-24(26)30)25-10-13-32-29(34-25)33-22-7-4-20(5-8-22)27(38)31-14-17-35(2)3/h4-10,13,18-19,23,37H,11-12,14-17,30H2,1-3H3,(H,31,38)(H,32,33,34)/t19-/m0/s1. The van der Waals surface area contributed by atoms with Crippen LogP contribution in [-0.2, 0) is 4.79 Å². The molecule has 5 N–H and O–H groups in total. The fraction of sp³-hybridized carbons (Fsp3) is 0.379. The highest BCUT2D eigenvalue weighted by atomic mass is 16.5. The molecule has 212 valence electrons. The van der Waals surface area contributed by atoms with E-state index in [4.69, 9.17) is 10.5 Å². The summed E-state index contributed by atoms with van der Waals surface area (Å²) in [7, 11) is 3.92. The molecule has 0 unspecified atom stereocenters. The molecule has 1 saturated heterocycles. The first-order chi connectivity index (χ1) is 19.2. The fourth-order valence-corrected chi connectivity index (χ4v) is 4.36. The summed E-state index contributed by atoms with van der Waals surface area (Å²) in [6, 6.07) is 14.5. The quantitative estimate of drug-likeness (QED) is 0.281. The molecule has 1 fully saturated rings. The van der Waals surface area contributed by atoms with Crippen LogP contribution in [0.4, 0.5) is 17.3 Å². The van der Waals surface area contributed by atoms with Gasteiger partial charge in [0.25, 0.3) is 11.8 Å². The number of nitrogens with two attached hydrogens (primary N) is 1. The van der Waals surface area contributed by atoms with Gasteiger partial charge in [-0.25, -0.2) is 9.97 Å². The molecule has 1 aromatic heterocycles. The minimum Gasteiger partial charge on any atom is -0.488 e. The average molecular weight is 548 g/mol. The van der Waals surface area contributed by atoms with E-state index in [1.165, 1.54) is 6.92 Å². The number of likely N-dealkylation sites (tertiary alicyclic amines) is 1. The Hall–Kier alpha value is -4.22. The second kappa shape index (κ2) is 13.2. The third kappa shape index (κ3) is 7.67. The molecule has 11 nitrogen and oxygen atoms in total. The Morgan fingerprint density at radius 3 is 2.52 bits per heavy atom. The lowest BCUT2D eigenvalue weighted by molar-refractivity contribution is -0.141. The summed E-state index contributed by atoms with van der Waals surface area (Å²) in [5, 5.41) is 15.6. The van der Waals surface area contributed by atoms with Gasteiger partial charge in [-0.2, -0.15) is 0 Å². The summed E-state index contributed by atoms with van der Waals surface area (Å²) in [5.74, 6) is 0.630. The summed E-state index contributed by atoms with van der Waals surface area (Å²) in [4.78, 5) is 36.9. The predicted octanol–water partition coefficient (Wildman–Crippen LogP) is 2.51. The van der Waals surface area contributed by atoms with E-state index >= 15 is 0 Å². The van der Waals surface area contributed by atoms with Crippen LogP contribution in [0, 0.1) is 0 Å². The maximum absolute atomic E-state index is 12.3. The lowest BCUT2D eigenvalue weighted by Crippen LogP contribution is -2.45. The lowest BCUT2D eigenvalue weighted by atomic mass is 10.1. The van der Waals surface area contributed by atoms with Crippen molar-refractivity contribution >= 4 is 29.1 Å². The van der Waals surface area contributed by atoms with Crippen molar-refractivity contribution in [3.05, 3.63) is 60.3 Å². The Balaban J connectivity index is 1.35. The number of aliphatic hydroxyl groups excluding tert-OH is 1. The molecular weight excluding hydrogens is 510 g/mol. The van der Waals surface area contributed by atoms with Gasteiger partial charge in [0.2, 0.25) is 5.95 Å². The highest BCUT2D eigenvalue weighted by molar-refractivity contribution is 5.94. The predicted molar refractivity (Wildman–Crippen MR) is 154 cm³/mol. The largest absolute Gasteiger partial charge is 0.488 e. The zero-order chi connectivity index (χ0) is 28.6. The molecule has 11 heteroatoms. The Bertz CT molecular complexity index is 1310. The third-order valence-corrected chi connectivity index (χ3v) is 6.61. The lowest BCUT2D eigenvalue weighted by Gasteiger charge is -2.33. The average Bonchev–Trinajstić information content (AvgIpc) is 2.94. The zero-order valence-corrected chi connectivity index (χ0v) is 23.1. The highest BCUT2D eigenvalue weighted by Gasteiger charge is 2.26. The maximum atomic E-state index is 12.3. The van der Waals surface area contributed by atoms with Gasteiger partial charge in [0.05, 0.1) is 11.4 Å². The van der Waals surface area contributed by atoms with Crippen molar-refractivity contribution in [2.75, 3.05) is 51.3 Å². The number of hydrogen-bond acceptors (Lipinski definition) is 9. The molecule has 0 aliphatic carbocycles. The number of aromatic nitrogens is 2. The first-order valence-corrected chi connectivity index (χ1v) is 13.4. The molecular formula is C29H37N7O4. The van der Waals surface area contributed by atoms with E-state index in [1.54, 1.807) is 29.3 Å².